The molecule has 0 spiro atoms. The molecule has 0 aliphatic rings. The maximum absolute atomic E-state index is 12.3. The first-order chi connectivity index (χ1) is 10.5. The van der Waals surface area contributed by atoms with Gasteiger partial charge >= 0.3 is 6.01 Å². The third-order valence-corrected chi connectivity index (χ3v) is 4.56. The highest BCUT2D eigenvalue weighted by atomic mass is 35.5. The number of nitrogens with zero attached hydrogens (tertiary/aromatic N) is 2. The number of benzene rings is 1. The second-order valence-corrected chi connectivity index (χ2v) is 6.49. The van der Waals surface area contributed by atoms with Gasteiger partial charge in [-0.2, -0.15) is 0 Å². The predicted molar refractivity (Wildman–Crippen MR) is 79.0 cm³/mol. The molecule has 0 saturated carbocycles. The molecule has 1 N–H and O–H groups in total. The van der Waals surface area contributed by atoms with Crippen LogP contribution in [0.4, 0.5) is 6.01 Å². The quantitative estimate of drug-likeness (QED) is 0.784. The first-order valence-corrected chi connectivity index (χ1v) is 7.98. The van der Waals surface area contributed by atoms with Crippen molar-refractivity contribution in [1.29, 1.82) is 0 Å². The summed E-state index contributed by atoms with van der Waals surface area (Å²) < 4.78 is 37.1. The van der Waals surface area contributed by atoms with Gasteiger partial charge in [-0.15, -0.1) is 5.10 Å². The molecule has 0 radical (unpaired) electrons. The Kier molecular flexibility index (Phi) is 3.63. The largest absolute Gasteiger partial charge is 0.459 e. The highest BCUT2D eigenvalue weighted by molar-refractivity contribution is 7.92. The number of rotatable bonds is 4. The van der Waals surface area contributed by atoms with E-state index in [0.717, 1.165) is 5.56 Å². The van der Waals surface area contributed by atoms with Crippen LogP contribution in [-0.2, 0) is 10.0 Å². The van der Waals surface area contributed by atoms with Gasteiger partial charge in [-0.1, -0.05) is 22.8 Å². The molecule has 0 amide bonds. The lowest BCUT2D eigenvalue weighted by molar-refractivity contribution is 0.524. The Hall–Kier alpha value is -2.32. The van der Waals surface area contributed by atoms with Crippen molar-refractivity contribution in [2.24, 2.45) is 0 Å². The molecule has 2 aromatic heterocycles. The van der Waals surface area contributed by atoms with Gasteiger partial charge in [-0.25, -0.2) is 13.1 Å². The van der Waals surface area contributed by atoms with Crippen molar-refractivity contribution in [2.75, 3.05) is 4.72 Å². The summed E-state index contributed by atoms with van der Waals surface area (Å²) in [5.74, 6) is 0.407. The minimum Gasteiger partial charge on any atom is -0.459 e. The maximum atomic E-state index is 12.3. The van der Waals surface area contributed by atoms with Crippen LogP contribution in [0.1, 0.15) is 5.56 Å². The van der Waals surface area contributed by atoms with Gasteiger partial charge < -0.3 is 8.83 Å². The minimum atomic E-state index is -3.93. The summed E-state index contributed by atoms with van der Waals surface area (Å²) in [6.45, 7) is 1.76. The molecule has 2 heterocycles. The van der Waals surface area contributed by atoms with Crippen LogP contribution in [0.5, 0.6) is 0 Å². The maximum Gasteiger partial charge on any atom is 0.330 e. The number of furan rings is 1. The van der Waals surface area contributed by atoms with Gasteiger partial charge in [-0.3, -0.25) is 0 Å². The highest BCUT2D eigenvalue weighted by Gasteiger charge is 2.21. The molecule has 0 aliphatic carbocycles. The Labute approximate surface area is 131 Å². The molecule has 0 atom stereocenters. The molecule has 3 rings (SSSR count). The van der Waals surface area contributed by atoms with E-state index in [1.54, 1.807) is 25.1 Å². The third-order valence-electron chi connectivity index (χ3n) is 2.75. The van der Waals surface area contributed by atoms with Crippen molar-refractivity contribution in [1.82, 2.24) is 10.2 Å². The average Bonchev–Trinajstić information content (AvgIpc) is 3.11. The van der Waals surface area contributed by atoms with E-state index in [2.05, 4.69) is 14.9 Å². The molecule has 0 fully saturated rings. The summed E-state index contributed by atoms with van der Waals surface area (Å²) in [5, 5.41) is 7.43. The van der Waals surface area contributed by atoms with Gasteiger partial charge in [0.15, 0.2) is 5.76 Å². The number of hydrogen-bond acceptors (Lipinski definition) is 6. The lowest BCUT2D eigenvalue weighted by Crippen LogP contribution is -2.14. The summed E-state index contributed by atoms with van der Waals surface area (Å²) in [7, 11) is -3.93. The molecule has 7 nitrogen and oxygen atoms in total. The number of aromatic nitrogens is 2. The highest BCUT2D eigenvalue weighted by Crippen LogP contribution is 2.26. The van der Waals surface area contributed by atoms with Gasteiger partial charge in [0.05, 0.1) is 11.3 Å². The number of aryl methyl sites for hydroxylation is 1. The summed E-state index contributed by atoms with van der Waals surface area (Å²) in [6.07, 6.45) is 1.44. The van der Waals surface area contributed by atoms with E-state index in [0.29, 0.717) is 5.76 Å². The van der Waals surface area contributed by atoms with E-state index >= 15 is 0 Å². The lowest BCUT2D eigenvalue weighted by Gasteiger charge is -2.06. The van der Waals surface area contributed by atoms with Crippen molar-refractivity contribution in [3.8, 4) is 11.7 Å². The molecule has 3 aromatic rings. The van der Waals surface area contributed by atoms with E-state index in [9.17, 15) is 8.42 Å². The molecule has 0 aliphatic heterocycles. The number of nitrogens with one attached hydrogen (secondary N) is 1. The van der Waals surface area contributed by atoms with Crippen LogP contribution < -0.4 is 4.72 Å². The van der Waals surface area contributed by atoms with Gasteiger partial charge in [-0.05, 0) is 36.8 Å². The molecule has 22 heavy (non-hydrogen) atoms. The summed E-state index contributed by atoms with van der Waals surface area (Å²) in [4.78, 5) is -0.0630. The fourth-order valence-corrected chi connectivity index (χ4v) is 3.26. The fraction of sp³-hybridized carbons (Fsp3) is 0.0769. The molecular weight excluding hydrogens is 330 g/mol. The Morgan fingerprint density at radius 3 is 2.77 bits per heavy atom. The SMILES string of the molecule is Cc1ccc(Cl)c(S(=O)(=O)Nc2nnc(-c3ccco3)o2)c1. The molecule has 0 saturated heterocycles. The van der Waals surface area contributed by atoms with Crippen molar-refractivity contribution in [3.63, 3.8) is 0 Å². The molecule has 0 unspecified atom stereocenters. The van der Waals surface area contributed by atoms with Gasteiger partial charge in [0.25, 0.3) is 15.9 Å². The van der Waals surface area contributed by atoms with Gasteiger partial charge in [0, 0.05) is 0 Å². The van der Waals surface area contributed by atoms with Gasteiger partial charge in [0.1, 0.15) is 4.90 Å². The monoisotopic (exact) mass is 339 g/mol. The molecule has 0 bridgehead atoms. The van der Waals surface area contributed by atoms with E-state index in [1.165, 1.54) is 18.4 Å². The summed E-state index contributed by atoms with van der Waals surface area (Å²) >= 11 is 5.93. The fourth-order valence-electron chi connectivity index (χ4n) is 1.75. The van der Waals surface area contributed by atoms with Gasteiger partial charge in [0.2, 0.25) is 0 Å². The number of anilines is 1. The second kappa shape index (κ2) is 5.47. The van der Waals surface area contributed by atoms with Crippen molar-refractivity contribution >= 4 is 27.6 Å². The average molecular weight is 340 g/mol. The zero-order chi connectivity index (χ0) is 15.7. The second-order valence-electron chi connectivity index (χ2n) is 4.43. The lowest BCUT2D eigenvalue weighted by atomic mass is 10.2. The van der Waals surface area contributed by atoms with E-state index < -0.39 is 10.0 Å². The van der Waals surface area contributed by atoms with Crippen molar-refractivity contribution < 1.29 is 17.3 Å². The molecular formula is C13H10ClN3O4S. The normalized spacial score (nSPS) is 11.5. The summed E-state index contributed by atoms with van der Waals surface area (Å²) in [6, 6.07) is 7.66. The number of sulfonamides is 1. The standard InChI is InChI=1S/C13H10ClN3O4S/c1-8-4-5-9(14)11(7-8)22(18,19)17-13-16-15-12(21-13)10-3-2-6-20-10/h2-7H,1H3,(H,16,17). The molecule has 1 aromatic carbocycles. The zero-order valence-electron chi connectivity index (χ0n) is 11.3. The number of hydrogen-bond donors (Lipinski definition) is 1. The topological polar surface area (TPSA) is 98.2 Å². The predicted octanol–water partition coefficient (Wildman–Crippen LogP) is 3.09. The van der Waals surface area contributed by atoms with Crippen LogP contribution in [0.2, 0.25) is 5.02 Å². The smallest absolute Gasteiger partial charge is 0.330 e. The van der Waals surface area contributed by atoms with Crippen LogP contribution in [0, 0.1) is 6.92 Å². The Balaban J connectivity index is 1.90. The van der Waals surface area contributed by atoms with Crippen LogP contribution in [-0.4, -0.2) is 18.6 Å². The van der Waals surface area contributed by atoms with E-state index in [4.69, 9.17) is 20.4 Å². The number of halogens is 1. The van der Waals surface area contributed by atoms with Crippen LogP contribution in [0.15, 0.2) is 50.3 Å². The Bertz CT molecular complexity index is 903. The zero-order valence-corrected chi connectivity index (χ0v) is 12.9. The van der Waals surface area contributed by atoms with Crippen molar-refractivity contribution in [3.05, 3.63) is 47.2 Å². The first-order valence-electron chi connectivity index (χ1n) is 6.12. The molecule has 114 valence electrons. The first kappa shape index (κ1) is 14.6. The minimum absolute atomic E-state index is 0.0630. The van der Waals surface area contributed by atoms with Crippen LogP contribution in [0.3, 0.4) is 0 Å². The third kappa shape index (κ3) is 2.83. The van der Waals surface area contributed by atoms with Crippen LogP contribution in [0.25, 0.3) is 11.7 Å². The Morgan fingerprint density at radius 2 is 2.05 bits per heavy atom. The Morgan fingerprint density at radius 1 is 1.23 bits per heavy atom. The van der Waals surface area contributed by atoms with Crippen LogP contribution >= 0.6 is 11.6 Å². The van der Waals surface area contributed by atoms with E-state index in [-0.39, 0.29) is 21.8 Å². The summed E-state index contributed by atoms with van der Waals surface area (Å²) in [5.41, 5.74) is 0.756. The van der Waals surface area contributed by atoms with Crippen molar-refractivity contribution in [2.45, 2.75) is 11.8 Å². The van der Waals surface area contributed by atoms with E-state index in [1.807, 2.05) is 0 Å². The molecule has 9 heteroatoms.